The van der Waals surface area contributed by atoms with Gasteiger partial charge in [-0.2, -0.15) is 4.98 Å². The minimum Gasteiger partial charge on any atom is -0.497 e. The van der Waals surface area contributed by atoms with Gasteiger partial charge in [-0.3, -0.25) is 0 Å². The average Bonchev–Trinajstić information content (AvgIpc) is 2.88. The fourth-order valence-corrected chi connectivity index (χ4v) is 1.59. The van der Waals surface area contributed by atoms with Gasteiger partial charge in [0.2, 0.25) is 0 Å². The summed E-state index contributed by atoms with van der Waals surface area (Å²) >= 11 is 0. The molecule has 0 aliphatic carbocycles. The highest BCUT2D eigenvalue weighted by Gasteiger charge is 2.21. The van der Waals surface area contributed by atoms with Crippen molar-refractivity contribution in [3.63, 3.8) is 0 Å². The second-order valence-corrected chi connectivity index (χ2v) is 5.08. The number of ether oxygens (including phenoxy) is 2. The summed E-state index contributed by atoms with van der Waals surface area (Å²) in [5.74, 6) is 1.69. The van der Waals surface area contributed by atoms with E-state index in [1.54, 1.807) is 7.11 Å². The molecule has 2 N–H and O–H groups in total. The zero-order valence-electron chi connectivity index (χ0n) is 11.9. The summed E-state index contributed by atoms with van der Waals surface area (Å²) in [7, 11) is 1.63. The SMILES string of the molecule is COc1cccc(COCc2nc(C(C)(C)N)no2)c1. The molecular weight excluding hydrogens is 258 g/mol. The molecule has 0 radical (unpaired) electrons. The summed E-state index contributed by atoms with van der Waals surface area (Å²) in [5.41, 5.74) is 6.28. The third-order valence-electron chi connectivity index (χ3n) is 2.67. The van der Waals surface area contributed by atoms with Crippen LogP contribution < -0.4 is 10.5 Å². The van der Waals surface area contributed by atoms with Crippen LogP contribution in [0.25, 0.3) is 0 Å². The van der Waals surface area contributed by atoms with Crippen LogP contribution in [0.4, 0.5) is 0 Å². The van der Waals surface area contributed by atoms with Gasteiger partial charge in [-0.1, -0.05) is 17.3 Å². The van der Waals surface area contributed by atoms with Crippen LogP contribution >= 0.6 is 0 Å². The molecule has 1 aromatic heterocycles. The van der Waals surface area contributed by atoms with Crippen molar-refractivity contribution in [3.05, 3.63) is 41.5 Å². The van der Waals surface area contributed by atoms with Gasteiger partial charge in [0, 0.05) is 0 Å². The molecule has 0 unspecified atom stereocenters. The van der Waals surface area contributed by atoms with Crippen LogP contribution in [0.15, 0.2) is 28.8 Å². The lowest BCUT2D eigenvalue weighted by Gasteiger charge is -2.11. The average molecular weight is 277 g/mol. The molecule has 0 aliphatic rings. The fourth-order valence-electron chi connectivity index (χ4n) is 1.59. The van der Waals surface area contributed by atoms with E-state index < -0.39 is 5.54 Å². The van der Waals surface area contributed by atoms with Gasteiger partial charge in [0.1, 0.15) is 12.4 Å². The number of methoxy groups -OCH3 is 1. The highest BCUT2D eigenvalue weighted by atomic mass is 16.5. The van der Waals surface area contributed by atoms with Gasteiger partial charge in [0.05, 0.1) is 19.3 Å². The molecule has 2 rings (SSSR count). The second kappa shape index (κ2) is 6.02. The van der Waals surface area contributed by atoms with Crippen molar-refractivity contribution in [2.45, 2.75) is 32.6 Å². The van der Waals surface area contributed by atoms with E-state index in [1.807, 2.05) is 38.1 Å². The first-order chi connectivity index (χ1) is 9.49. The van der Waals surface area contributed by atoms with Crippen LogP contribution in [0.3, 0.4) is 0 Å². The van der Waals surface area contributed by atoms with Crippen LogP contribution in [0, 0.1) is 0 Å². The molecule has 0 atom stereocenters. The third-order valence-corrected chi connectivity index (χ3v) is 2.67. The lowest BCUT2D eigenvalue weighted by Crippen LogP contribution is -2.30. The van der Waals surface area contributed by atoms with Crippen LogP contribution in [-0.4, -0.2) is 17.3 Å². The van der Waals surface area contributed by atoms with Crippen molar-refractivity contribution < 1.29 is 14.0 Å². The normalized spacial score (nSPS) is 11.6. The number of hydrogen-bond donors (Lipinski definition) is 1. The smallest absolute Gasteiger partial charge is 0.252 e. The van der Waals surface area contributed by atoms with Gasteiger partial charge < -0.3 is 19.7 Å². The Labute approximate surface area is 117 Å². The fraction of sp³-hybridized carbons (Fsp3) is 0.429. The number of hydrogen-bond acceptors (Lipinski definition) is 6. The quantitative estimate of drug-likeness (QED) is 0.869. The molecule has 0 fully saturated rings. The van der Waals surface area contributed by atoms with Crippen molar-refractivity contribution in [2.75, 3.05) is 7.11 Å². The van der Waals surface area contributed by atoms with Gasteiger partial charge in [-0.25, -0.2) is 0 Å². The molecule has 1 aromatic carbocycles. The standard InChI is InChI=1S/C14H19N3O3/c1-14(2,15)13-16-12(20-17-13)9-19-8-10-5-4-6-11(7-10)18-3/h4-7H,8-9,15H2,1-3H3. The predicted octanol–water partition coefficient (Wildman–Crippen LogP) is 1.99. The molecule has 6 nitrogen and oxygen atoms in total. The van der Waals surface area contributed by atoms with Crippen LogP contribution in [-0.2, 0) is 23.5 Å². The third kappa shape index (κ3) is 3.79. The van der Waals surface area contributed by atoms with Gasteiger partial charge in [-0.15, -0.1) is 0 Å². The first-order valence-electron chi connectivity index (χ1n) is 6.31. The van der Waals surface area contributed by atoms with Crippen molar-refractivity contribution in [2.24, 2.45) is 5.73 Å². The lowest BCUT2D eigenvalue weighted by molar-refractivity contribution is 0.0849. The van der Waals surface area contributed by atoms with Gasteiger partial charge in [0.15, 0.2) is 5.82 Å². The molecule has 0 saturated heterocycles. The van der Waals surface area contributed by atoms with E-state index >= 15 is 0 Å². The Morgan fingerprint density at radius 2 is 2.10 bits per heavy atom. The number of benzene rings is 1. The van der Waals surface area contributed by atoms with E-state index in [-0.39, 0.29) is 6.61 Å². The van der Waals surface area contributed by atoms with Gasteiger partial charge >= 0.3 is 0 Å². The Morgan fingerprint density at radius 1 is 1.30 bits per heavy atom. The topological polar surface area (TPSA) is 83.4 Å². The lowest BCUT2D eigenvalue weighted by atomic mass is 10.1. The van der Waals surface area contributed by atoms with E-state index in [9.17, 15) is 0 Å². The Balaban J connectivity index is 1.88. The zero-order chi connectivity index (χ0) is 14.6. The highest BCUT2D eigenvalue weighted by molar-refractivity contribution is 5.27. The molecule has 20 heavy (non-hydrogen) atoms. The van der Waals surface area contributed by atoms with E-state index in [0.29, 0.717) is 18.3 Å². The molecule has 0 amide bonds. The molecule has 6 heteroatoms. The van der Waals surface area contributed by atoms with Crippen LogP contribution in [0.2, 0.25) is 0 Å². The molecule has 1 heterocycles. The summed E-state index contributed by atoms with van der Waals surface area (Å²) in [4.78, 5) is 4.19. The van der Waals surface area contributed by atoms with Crippen molar-refractivity contribution in [1.82, 2.24) is 10.1 Å². The summed E-state index contributed by atoms with van der Waals surface area (Å²) in [6.07, 6.45) is 0. The minimum absolute atomic E-state index is 0.250. The van der Waals surface area contributed by atoms with Crippen LogP contribution in [0.5, 0.6) is 5.75 Å². The Kier molecular flexibility index (Phi) is 4.36. The summed E-state index contributed by atoms with van der Waals surface area (Å²) in [5, 5.41) is 3.83. The Hall–Kier alpha value is -1.92. The van der Waals surface area contributed by atoms with E-state index in [1.165, 1.54) is 0 Å². The van der Waals surface area contributed by atoms with Gasteiger partial charge in [-0.05, 0) is 31.5 Å². The second-order valence-electron chi connectivity index (χ2n) is 5.08. The molecule has 0 spiro atoms. The van der Waals surface area contributed by atoms with E-state index in [2.05, 4.69) is 10.1 Å². The highest BCUT2D eigenvalue weighted by Crippen LogP contribution is 2.15. The van der Waals surface area contributed by atoms with Crippen molar-refractivity contribution >= 4 is 0 Å². The molecular formula is C14H19N3O3. The number of aromatic nitrogens is 2. The molecule has 108 valence electrons. The summed E-state index contributed by atoms with van der Waals surface area (Å²) in [6.45, 7) is 4.33. The van der Waals surface area contributed by atoms with E-state index in [0.717, 1.165) is 11.3 Å². The molecule has 2 aromatic rings. The molecule has 0 saturated carbocycles. The van der Waals surface area contributed by atoms with E-state index in [4.69, 9.17) is 19.7 Å². The van der Waals surface area contributed by atoms with Gasteiger partial charge in [0.25, 0.3) is 5.89 Å². The van der Waals surface area contributed by atoms with Crippen LogP contribution in [0.1, 0.15) is 31.1 Å². The predicted molar refractivity (Wildman–Crippen MR) is 73.0 cm³/mol. The Bertz CT molecular complexity index is 561. The first-order valence-corrected chi connectivity index (χ1v) is 6.31. The molecule has 0 aliphatic heterocycles. The number of rotatable bonds is 6. The number of nitrogens with zero attached hydrogens (tertiary/aromatic N) is 2. The van der Waals surface area contributed by atoms with Crippen molar-refractivity contribution in [3.8, 4) is 5.75 Å². The molecule has 0 bridgehead atoms. The first kappa shape index (κ1) is 14.5. The van der Waals surface area contributed by atoms with Crippen molar-refractivity contribution in [1.29, 1.82) is 0 Å². The Morgan fingerprint density at radius 3 is 2.75 bits per heavy atom. The maximum absolute atomic E-state index is 5.88. The maximum Gasteiger partial charge on any atom is 0.252 e. The maximum atomic E-state index is 5.88. The zero-order valence-corrected chi connectivity index (χ0v) is 11.9. The summed E-state index contributed by atoms with van der Waals surface area (Å²) in [6, 6.07) is 7.68. The number of nitrogens with two attached hydrogens (primary N) is 1. The minimum atomic E-state index is -0.617. The largest absolute Gasteiger partial charge is 0.497 e. The summed E-state index contributed by atoms with van der Waals surface area (Å²) < 4.78 is 15.8. The monoisotopic (exact) mass is 277 g/mol.